The third-order valence-corrected chi connectivity index (χ3v) is 5.13. The minimum absolute atomic E-state index is 0.235. The van der Waals surface area contributed by atoms with E-state index in [1.807, 2.05) is 49.4 Å². The number of fused-ring (bicyclic) bond motifs is 2. The predicted molar refractivity (Wildman–Crippen MR) is 112 cm³/mol. The lowest BCUT2D eigenvalue weighted by Gasteiger charge is -2.21. The standard InChI is InChI=1S/C20H16ClN7O/c1-12(26-19-17-18(23-10-22-17)24-11-25-19)15-9-14-7-8-16(21)28(14)20(29)27(15)13-5-3-2-4-6-13/h2-12H,1H3,(H2,22,23,24,25,26). The molecule has 29 heavy (non-hydrogen) atoms. The van der Waals surface area contributed by atoms with E-state index in [1.165, 1.54) is 10.7 Å². The Morgan fingerprint density at radius 1 is 1.10 bits per heavy atom. The van der Waals surface area contributed by atoms with E-state index in [1.54, 1.807) is 17.0 Å². The molecular formula is C20H16ClN7O. The molecule has 0 amide bonds. The summed E-state index contributed by atoms with van der Waals surface area (Å²) < 4.78 is 3.14. The first-order valence-electron chi connectivity index (χ1n) is 9.02. The van der Waals surface area contributed by atoms with Crippen LogP contribution in [-0.4, -0.2) is 28.9 Å². The van der Waals surface area contributed by atoms with Gasteiger partial charge in [0.1, 0.15) is 17.0 Å². The summed E-state index contributed by atoms with van der Waals surface area (Å²) in [6, 6.07) is 14.7. The molecule has 0 bridgehead atoms. The summed E-state index contributed by atoms with van der Waals surface area (Å²) >= 11 is 6.26. The summed E-state index contributed by atoms with van der Waals surface area (Å²) in [4.78, 5) is 29.0. The molecule has 0 saturated heterocycles. The lowest BCUT2D eigenvalue weighted by Crippen LogP contribution is -2.30. The molecule has 0 aliphatic carbocycles. The van der Waals surface area contributed by atoms with Crippen LogP contribution in [-0.2, 0) is 0 Å². The first kappa shape index (κ1) is 17.4. The molecule has 0 fully saturated rings. The molecule has 1 atom stereocenters. The lowest BCUT2D eigenvalue weighted by atomic mass is 10.2. The van der Waals surface area contributed by atoms with E-state index < -0.39 is 0 Å². The fourth-order valence-electron chi connectivity index (χ4n) is 3.48. The van der Waals surface area contributed by atoms with Crippen LogP contribution in [0, 0.1) is 0 Å². The largest absolute Gasteiger partial charge is 0.360 e. The van der Waals surface area contributed by atoms with Crippen molar-refractivity contribution < 1.29 is 0 Å². The number of aromatic nitrogens is 6. The summed E-state index contributed by atoms with van der Waals surface area (Å²) in [6.45, 7) is 1.97. The van der Waals surface area contributed by atoms with Crippen molar-refractivity contribution in [3.8, 4) is 5.69 Å². The molecule has 8 nitrogen and oxygen atoms in total. The zero-order chi connectivity index (χ0) is 20.0. The number of anilines is 1. The number of para-hydroxylation sites is 1. The quantitative estimate of drug-likeness (QED) is 0.476. The van der Waals surface area contributed by atoms with Crippen molar-refractivity contribution in [2.75, 3.05) is 5.32 Å². The molecule has 9 heteroatoms. The van der Waals surface area contributed by atoms with Gasteiger partial charge < -0.3 is 10.3 Å². The lowest BCUT2D eigenvalue weighted by molar-refractivity contribution is 0.740. The molecule has 4 aromatic heterocycles. The van der Waals surface area contributed by atoms with Gasteiger partial charge in [0.15, 0.2) is 11.5 Å². The molecule has 0 aliphatic rings. The van der Waals surface area contributed by atoms with Crippen LogP contribution in [0.2, 0.25) is 5.15 Å². The SMILES string of the molecule is CC(Nc1ncnc2nc[nH]c12)c1cc2ccc(Cl)n2c(=O)n1-c1ccccc1. The van der Waals surface area contributed by atoms with Crippen molar-refractivity contribution in [2.45, 2.75) is 13.0 Å². The number of hydrogen-bond acceptors (Lipinski definition) is 5. The molecule has 144 valence electrons. The van der Waals surface area contributed by atoms with Gasteiger partial charge in [0, 0.05) is 0 Å². The van der Waals surface area contributed by atoms with Crippen LogP contribution in [0.3, 0.4) is 0 Å². The van der Waals surface area contributed by atoms with Crippen LogP contribution in [0.25, 0.3) is 22.4 Å². The fraction of sp³-hybridized carbons (Fsp3) is 0.100. The molecule has 1 unspecified atom stereocenters. The van der Waals surface area contributed by atoms with Crippen molar-refractivity contribution in [1.82, 2.24) is 28.9 Å². The molecule has 0 spiro atoms. The molecular weight excluding hydrogens is 390 g/mol. The average Bonchev–Trinajstić information content (AvgIpc) is 3.36. The zero-order valence-corrected chi connectivity index (χ0v) is 16.1. The second-order valence-electron chi connectivity index (χ2n) is 6.63. The predicted octanol–water partition coefficient (Wildman–Crippen LogP) is 3.58. The van der Waals surface area contributed by atoms with Crippen molar-refractivity contribution in [3.63, 3.8) is 0 Å². The van der Waals surface area contributed by atoms with Gasteiger partial charge in [0.05, 0.1) is 29.3 Å². The number of imidazole rings is 1. The first-order chi connectivity index (χ1) is 14.1. The van der Waals surface area contributed by atoms with E-state index >= 15 is 0 Å². The molecule has 1 aromatic carbocycles. The van der Waals surface area contributed by atoms with E-state index in [0.717, 1.165) is 16.9 Å². The van der Waals surface area contributed by atoms with Crippen molar-refractivity contribution in [3.05, 3.63) is 82.5 Å². The highest BCUT2D eigenvalue weighted by Gasteiger charge is 2.19. The van der Waals surface area contributed by atoms with Crippen LogP contribution >= 0.6 is 11.6 Å². The van der Waals surface area contributed by atoms with Crippen LogP contribution < -0.4 is 11.0 Å². The van der Waals surface area contributed by atoms with Gasteiger partial charge >= 0.3 is 5.69 Å². The zero-order valence-electron chi connectivity index (χ0n) is 15.4. The fourth-order valence-corrected chi connectivity index (χ4v) is 3.71. The van der Waals surface area contributed by atoms with Gasteiger partial charge in [0.2, 0.25) is 0 Å². The summed E-state index contributed by atoms with van der Waals surface area (Å²) in [5, 5.41) is 3.74. The van der Waals surface area contributed by atoms with Gasteiger partial charge in [-0.3, -0.25) is 8.97 Å². The third kappa shape index (κ3) is 2.85. The van der Waals surface area contributed by atoms with Gasteiger partial charge in [-0.1, -0.05) is 29.8 Å². The summed E-state index contributed by atoms with van der Waals surface area (Å²) in [5.41, 5.74) is 3.30. The Hall–Kier alpha value is -3.65. The number of benzene rings is 1. The van der Waals surface area contributed by atoms with Crippen LogP contribution in [0.15, 0.2) is 66.0 Å². The number of rotatable bonds is 4. The van der Waals surface area contributed by atoms with Crippen LogP contribution in [0.4, 0.5) is 5.82 Å². The number of halogens is 1. The Bertz CT molecular complexity index is 1390. The number of H-pyrrole nitrogens is 1. The van der Waals surface area contributed by atoms with E-state index in [4.69, 9.17) is 11.6 Å². The van der Waals surface area contributed by atoms with Crippen molar-refractivity contribution in [2.24, 2.45) is 0 Å². The Morgan fingerprint density at radius 2 is 1.93 bits per heavy atom. The van der Waals surface area contributed by atoms with Gasteiger partial charge in [0.25, 0.3) is 0 Å². The van der Waals surface area contributed by atoms with Gasteiger partial charge in [-0.2, -0.15) is 0 Å². The maximum Gasteiger partial charge on any atom is 0.338 e. The highest BCUT2D eigenvalue weighted by molar-refractivity contribution is 6.30. The maximum atomic E-state index is 13.3. The van der Waals surface area contributed by atoms with Gasteiger partial charge in [-0.05, 0) is 37.3 Å². The maximum absolute atomic E-state index is 13.3. The van der Waals surface area contributed by atoms with E-state index in [0.29, 0.717) is 22.1 Å². The number of aromatic amines is 1. The molecule has 5 aromatic rings. The number of nitrogens with zero attached hydrogens (tertiary/aromatic N) is 5. The number of hydrogen-bond donors (Lipinski definition) is 2. The van der Waals surface area contributed by atoms with Crippen LogP contribution in [0.1, 0.15) is 18.7 Å². The second-order valence-corrected chi connectivity index (χ2v) is 7.02. The van der Waals surface area contributed by atoms with Gasteiger partial charge in [-0.25, -0.2) is 19.7 Å². The van der Waals surface area contributed by atoms with Gasteiger partial charge in [-0.15, -0.1) is 0 Å². The Morgan fingerprint density at radius 3 is 2.76 bits per heavy atom. The monoisotopic (exact) mass is 405 g/mol. The first-order valence-corrected chi connectivity index (χ1v) is 9.40. The minimum Gasteiger partial charge on any atom is -0.360 e. The number of nitrogens with one attached hydrogen (secondary N) is 2. The molecule has 0 aliphatic heterocycles. The highest BCUT2D eigenvalue weighted by atomic mass is 35.5. The topological polar surface area (TPSA) is 92.9 Å². The van der Waals surface area contributed by atoms with E-state index in [2.05, 4.69) is 25.3 Å². The van der Waals surface area contributed by atoms with Crippen LogP contribution in [0.5, 0.6) is 0 Å². The molecule has 5 rings (SSSR count). The average molecular weight is 406 g/mol. The van der Waals surface area contributed by atoms with E-state index in [9.17, 15) is 4.79 Å². The molecule has 0 saturated carbocycles. The Balaban J connectivity index is 1.69. The summed E-state index contributed by atoms with van der Waals surface area (Å²) in [6.07, 6.45) is 3.03. The molecule has 0 radical (unpaired) electrons. The second kappa shape index (κ2) is 6.75. The summed E-state index contributed by atoms with van der Waals surface area (Å²) in [5.74, 6) is 0.611. The normalized spacial score (nSPS) is 12.5. The molecule has 4 heterocycles. The highest BCUT2D eigenvalue weighted by Crippen LogP contribution is 2.25. The Kier molecular flexibility index (Phi) is 4.06. The third-order valence-electron chi connectivity index (χ3n) is 4.83. The minimum atomic E-state index is -0.247. The molecule has 2 N–H and O–H groups in total. The smallest absolute Gasteiger partial charge is 0.338 e. The van der Waals surface area contributed by atoms with E-state index in [-0.39, 0.29) is 11.7 Å². The Labute approximate surface area is 169 Å². The van der Waals surface area contributed by atoms with Crippen molar-refractivity contribution >= 4 is 34.1 Å². The summed E-state index contributed by atoms with van der Waals surface area (Å²) in [7, 11) is 0. The van der Waals surface area contributed by atoms with Crippen molar-refractivity contribution in [1.29, 1.82) is 0 Å².